The number of carbonyl (C=O) groups is 1. The van der Waals surface area contributed by atoms with Crippen LogP contribution in [0.5, 0.6) is 0 Å². The second kappa shape index (κ2) is 7.63. The van der Waals surface area contributed by atoms with Gasteiger partial charge in [0.2, 0.25) is 5.91 Å². The van der Waals surface area contributed by atoms with E-state index in [1.807, 2.05) is 13.8 Å². The predicted octanol–water partition coefficient (Wildman–Crippen LogP) is 0.899. The molecule has 1 amide bonds. The number of carbonyl (C=O) groups excluding carboxylic acids is 1. The first-order valence-corrected chi connectivity index (χ1v) is 6.04. The summed E-state index contributed by atoms with van der Waals surface area (Å²) in [5, 5.41) is 14.5. The van der Waals surface area contributed by atoms with Crippen molar-refractivity contribution in [1.82, 2.24) is 10.6 Å². The van der Waals surface area contributed by atoms with Crippen LogP contribution in [-0.2, 0) is 4.79 Å². The largest absolute Gasteiger partial charge is 0.395 e. The summed E-state index contributed by atoms with van der Waals surface area (Å²) in [7, 11) is 0. The zero-order valence-corrected chi connectivity index (χ0v) is 11.0. The summed E-state index contributed by atoms with van der Waals surface area (Å²) in [5.41, 5.74) is -0.563. The Labute approximate surface area is 98.8 Å². The number of hydrogen-bond donors (Lipinski definition) is 3. The molecule has 0 aromatic heterocycles. The van der Waals surface area contributed by atoms with Gasteiger partial charge in [0, 0.05) is 6.54 Å². The maximum Gasteiger partial charge on any atom is 0.239 e. The van der Waals surface area contributed by atoms with Crippen LogP contribution in [0.2, 0.25) is 0 Å². The van der Waals surface area contributed by atoms with Crippen molar-refractivity contribution in [3.63, 3.8) is 0 Å². The molecule has 0 atom stereocenters. The van der Waals surface area contributed by atoms with E-state index in [4.69, 9.17) is 5.11 Å². The standard InChI is InChI=1S/C12H26N2O2/c1-10(2)6-5-7-14-12(3,4)11(16)13-8-9-15/h10,14-15H,5-9H2,1-4H3,(H,13,16). The molecule has 0 rings (SSSR count). The molecule has 0 aromatic carbocycles. The van der Waals surface area contributed by atoms with Crippen LogP contribution in [0.25, 0.3) is 0 Å². The summed E-state index contributed by atoms with van der Waals surface area (Å²) in [5.74, 6) is 0.638. The lowest BCUT2D eigenvalue weighted by Gasteiger charge is -2.25. The average molecular weight is 230 g/mol. The van der Waals surface area contributed by atoms with Gasteiger partial charge in [0.15, 0.2) is 0 Å². The molecule has 0 saturated carbocycles. The van der Waals surface area contributed by atoms with Gasteiger partial charge in [-0.1, -0.05) is 13.8 Å². The number of nitrogens with one attached hydrogen (secondary N) is 2. The van der Waals surface area contributed by atoms with Crippen LogP contribution in [0.3, 0.4) is 0 Å². The molecule has 0 radical (unpaired) electrons. The average Bonchev–Trinajstić information content (AvgIpc) is 2.20. The van der Waals surface area contributed by atoms with Gasteiger partial charge in [0.25, 0.3) is 0 Å². The second-order valence-corrected chi connectivity index (χ2v) is 5.07. The van der Waals surface area contributed by atoms with Crippen molar-refractivity contribution >= 4 is 5.91 Å². The van der Waals surface area contributed by atoms with Crippen LogP contribution in [0, 0.1) is 5.92 Å². The molecule has 96 valence electrons. The lowest BCUT2D eigenvalue weighted by Crippen LogP contribution is -2.53. The fourth-order valence-electron chi connectivity index (χ4n) is 1.38. The van der Waals surface area contributed by atoms with Crippen LogP contribution >= 0.6 is 0 Å². The van der Waals surface area contributed by atoms with Gasteiger partial charge in [-0.15, -0.1) is 0 Å². The van der Waals surface area contributed by atoms with Gasteiger partial charge < -0.3 is 15.7 Å². The molecule has 0 unspecified atom stereocenters. The van der Waals surface area contributed by atoms with E-state index in [-0.39, 0.29) is 12.5 Å². The lowest BCUT2D eigenvalue weighted by molar-refractivity contribution is -0.126. The summed E-state index contributed by atoms with van der Waals surface area (Å²) in [6.45, 7) is 9.24. The van der Waals surface area contributed by atoms with Crippen LogP contribution in [0.1, 0.15) is 40.5 Å². The Morgan fingerprint density at radius 1 is 1.31 bits per heavy atom. The summed E-state index contributed by atoms with van der Waals surface area (Å²) in [6, 6.07) is 0. The molecule has 16 heavy (non-hydrogen) atoms. The van der Waals surface area contributed by atoms with Crippen LogP contribution in [0.15, 0.2) is 0 Å². The first kappa shape index (κ1) is 15.4. The monoisotopic (exact) mass is 230 g/mol. The Morgan fingerprint density at radius 3 is 2.44 bits per heavy atom. The quantitative estimate of drug-likeness (QED) is 0.543. The Balaban J connectivity index is 3.80. The van der Waals surface area contributed by atoms with Crippen LogP contribution in [-0.4, -0.2) is 36.2 Å². The summed E-state index contributed by atoms with van der Waals surface area (Å²) in [6.07, 6.45) is 2.25. The number of aliphatic hydroxyl groups excluding tert-OH is 1. The molecule has 0 saturated heterocycles. The van der Waals surface area contributed by atoms with E-state index in [1.54, 1.807) is 0 Å². The van der Waals surface area contributed by atoms with Crippen molar-refractivity contribution in [1.29, 1.82) is 0 Å². The van der Waals surface area contributed by atoms with E-state index < -0.39 is 5.54 Å². The molecular weight excluding hydrogens is 204 g/mol. The van der Waals surface area contributed by atoms with Crippen molar-refractivity contribution in [3.05, 3.63) is 0 Å². The third-order valence-electron chi connectivity index (χ3n) is 2.49. The maximum atomic E-state index is 11.7. The normalized spacial score (nSPS) is 11.9. The third-order valence-corrected chi connectivity index (χ3v) is 2.49. The van der Waals surface area contributed by atoms with Crippen molar-refractivity contribution in [2.75, 3.05) is 19.7 Å². The first-order valence-electron chi connectivity index (χ1n) is 6.04. The molecule has 3 N–H and O–H groups in total. The van der Waals surface area contributed by atoms with E-state index in [9.17, 15) is 4.79 Å². The highest BCUT2D eigenvalue weighted by atomic mass is 16.3. The fraction of sp³-hybridized carbons (Fsp3) is 0.917. The zero-order valence-electron chi connectivity index (χ0n) is 11.0. The number of aliphatic hydroxyl groups is 1. The molecule has 0 bridgehead atoms. The van der Waals surface area contributed by atoms with Gasteiger partial charge in [0.05, 0.1) is 12.1 Å². The van der Waals surface area contributed by atoms with Crippen LogP contribution in [0.4, 0.5) is 0 Å². The number of rotatable bonds is 8. The smallest absolute Gasteiger partial charge is 0.239 e. The molecule has 0 spiro atoms. The first-order chi connectivity index (χ1) is 7.40. The number of amides is 1. The Morgan fingerprint density at radius 2 is 1.94 bits per heavy atom. The molecule has 0 aliphatic rings. The van der Waals surface area contributed by atoms with E-state index in [2.05, 4.69) is 24.5 Å². The molecule has 4 nitrogen and oxygen atoms in total. The van der Waals surface area contributed by atoms with Gasteiger partial charge in [0.1, 0.15) is 0 Å². The minimum atomic E-state index is -0.563. The molecular formula is C12H26N2O2. The summed E-state index contributed by atoms with van der Waals surface area (Å²) >= 11 is 0. The highest BCUT2D eigenvalue weighted by Crippen LogP contribution is 2.05. The molecule has 0 aliphatic carbocycles. The van der Waals surface area contributed by atoms with Crippen molar-refractivity contribution in [3.8, 4) is 0 Å². The van der Waals surface area contributed by atoms with E-state index in [0.717, 1.165) is 13.0 Å². The Kier molecular flexibility index (Phi) is 7.34. The second-order valence-electron chi connectivity index (χ2n) is 5.07. The Hall–Kier alpha value is -0.610. The molecule has 0 fully saturated rings. The number of hydrogen-bond acceptors (Lipinski definition) is 3. The summed E-state index contributed by atoms with van der Waals surface area (Å²) < 4.78 is 0. The van der Waals surface area contributed by atoms with Crippen molar-refractivity contribution in [2.45, 2.75) is 46.1 Å². The van der Waals surface area contributed by atoms with E-state index >= 15 is 0 Å². The van der Waals surface area contributed by atoms with Gasteiger partial charge in [-0.25, -0.2) is 0 Å². The van der Waals surface area contributed by atoms with E-state index in [0.29, 0.717) is 12.5 Å². The summed E-state index contributed by atoms with van der Waals surface area (Å²) in [4.78, 5) is 11.7. The van der Waals surface area contributed by atoms with Gasteiger partial charge in [-0.2, -0.15) is 0 Å². The minimum Gasteiger partial charge on any atom is -0.395 e. The minimum absolute atomic E-state index is 0.0187. The third kappa shape index (κ3) is 6.80. The highest BCUT2D eigenvalue weighted by Gasteiger charge is 2.25. The topological polar surface area (TPSA) is 61.4 Å². The SMILES string of the molecule is CC(C)CCCNC(C)(C)C(=O)NCCO. The van der Waals surface area contributed by atoms with Crippen molar-refractivity contribution < 1.29 is 9.90 Å². The maximum absolute atomic E-state index is 11.7. The fourth-order valence-corrected chi connectivity index (χ4v) is 1.38. The predicted molar refractivity (Wildman–Crippen MR) is 66.2 cm³/mol. The van der Waals surface area contributed by atoms with Crippen LogP contribution < -0.4 is 10.6 Å². The van der Waals surface area contributed by atoms with Gasteiger partial charge in [-0.3, -0.25) is 4.79 Å². The molecule has 0 aliphatic heterocycles. The van der Waals surface area contributed by atoms with Gasteiger partial charge in [-0.05, 0) is 39.2 Å². The molecule has 0 aromatic rings. The molecule has 0 heterocycles. The zero-order chi connectivity index (χ0) is 12.6. The lowest BCUT2D eigenvalue weighted by atomic mass is 10.0. The van der Waals surface area contributed by atoms with Gasteiger partial charge >= 0.3 is 0 Å². The Bertz CT molecular complexity index is 203. The molecule has 4 heteroatoms. The highest BCUT2D eigenvalue weighted by molar-refractivity contribution is 5.85. The van der Waals surface area contributed by atoms with E-state index in [1.165, 1.54) is 6.42 Å². The van der Waals surface area contributed by atoms with Crippen molar-refractivity contribution in [2.24, 2.45) is 5.92 Å².